The summed E-state index contributed by atoms with van der Waals surface area (Å²) in [7, 11) is 0. The largest absolute Gasteiger partial charge is 0.461 e. The number of nitrogens with zero attached hydrogens (tertiary/aromatic N) is 6. The molecule has 1 aliphatic rings. The average Bonchev–Trinajstić information content (AvgIpc) is 3.32. The van der Waals surface area contributed by atoms with E-state index in [1.165, 1.54) is 0 Å². The summed E-state index contributed by atoms with van der Waals surface area (Å²) in [6, 6.07) is 6.13. The maximum atomic E-state index is 12.5. The minimum absolute atomic E-state index is 0.166. The highest BCUT2D eigenvalue weighted by Gasteiger charge is 2.37. The summed E-state index contributed by atoms with van der Waals surface area (Å²) in [5.41, 5.74) is 0.814. The first-order chi connectivity index (χ1) is 17.6. The number of nitriles is 1. The van der Waals surface area contributed by atoms with Crippen molar-refractivity contribution in [2.45, 2.75) is 46.1 Å². The molecule has 3 aromatic rings. The predicted octanol–water partition coefficient (Wildman–Crippen LogP) is 3.92. The smallest absolute Gasteiger partial charge is 0.410 e. The van der Waals surface area contributed by atoms with Crippen LogP contribution in [0.4, 0.5) is 10.6 Å². The number of rotatable bonds is 6. The Labute approximate surface area is 215 Å². The van der Waals surface area contributed by atoms with E-state index in [0.717, 1.165) is 5.56 Å². The number of hydrogen-bond acceptors (Lipinski definition) is 9. The zero-order chi connectivity index (χ0) is 26.6. The molecule has 11 nitrogen and oxygen atoms in total. The molecule has 0 spiro atoms. The van der Waals surface area contributed by atoms with Gasteiger partial charge in [0.05, 0.1) is 23.8 Å². The molecule has 1 N–H and O–H groups in total. The molecule has 0 atom stereocenters. The Morgan fingerprint density at radius 3 is 2.49 bits per heavy atom. The minimum atomic E-state index is -0.708. The first-order valence-corrected chi connectivity index (χ1v) is 12.2. The molecule has 194 valence electrons. The number of aromatic nitrogens is 4. The summed E-state index contributed by atoms with van der Waals surface area (Å²) in [6.45, 7) is 8.60. The molecule has 0 aliphatic carbocycles. The number of piperidine rings is 1. The fourth-order valence-corrected chi connectivity index (χ4v) is 4.11. The highest BCUT2D eigenvalue weighted by atomic mass is 16.6. The number of imidazole rings is 1. The van der Waals surface area contributed by atoms with Gasteiger partial charge in [0.1, 0.15) is 5.60 Å². The summed E-state index contributed by atoms with van der Waals surface area (Å²) in [5.74, 6) is -0.0836. The second-order valence-corrected chi connectivity index (χ2v) is 10.0. The predicted molar refractivity (Wildman–Crippen MR) is 136 cm³/mol. The second-order valence-electron chi connectivity index (χ2n) is 10.0. The average molecular weight is 506 g/mol. The lowest BCUT2D eigenvalue weighted by Crippen LogP contribution is -2.46. The summed E-state index contributed by atoms with van der Waals surface area (Å²) in [6.07, 6.45) is 7.33. The van der Waals surface area contributed by atoms with E-state index in [-0.39, 0.29) is 18.4 Å². The Hall–Kier alpha value is -4.20. The molecular weight excluding hydrogens is 474 g/mol. The van der Waals surface area contributed by atoms with Gasteiger partial charge in [-0.1, -0.05) is 0 Å². The first-order valence-electron chi connectivity index (χ1n) is 12.2. The molecule has 3 aromatic heterocycles. The molecule has 0 saturated carbocycles. The first kappa shape index (κ1) is 25.9. The van der Waals surface area contributed by atoms with Crippen LogP contribution in [0, 0.1) is 16.7 Å². The number of ether oxygens (including phenoxy) is 2. The van der Waals surface area contributed by atoms with Crippen LogP contribution >= 0.6 is 0 Å². The van der Waals surface area contributed by atoms with Crippen molar-refractivity contribution in [1.29, 1.82) is 5.26 Å². The highest BCUT2D eigenvalue weighted by molar-refractivity contribution is 5.89. The van der Waals surface area contributed by atoms with Crippen molar-refractivity contribution in [2.24, 2.45) is 5.41 Å². The standard InChI is InChI=1S/C26H31N7O4/c1-5-36-23(34)20-15-33-14-19(18-6-10-28-11-7-18)30-21(22(33)31-20)29-17-26(16-27)8-12-32(13-9-26)24(35)37-25(2,3)4/h6-7,10-11,14-15H,5,8-9,12-13,17H2,1-4H3,(H,29,30). The van der Waals surface area contributed by atoms with Crippen molar-refractivity contribution in [3.8, 4) is 17.3 Å². The van der Waals surface area contributed by atoms with E-state index >= 15 is 0 Å². The zero-order valence-corrected chi connectivity index (χ0v) is 21.5. The third kappa shape index (κ3) is 5.97. The Kier molecular flexibility index (Phi) is 7.29. The van der Waals surface area contributed by atoms with Crippen LogP contribution in [-0.2, 0) is 9.47 Å². The van der Waals surface area contributed by atoms with Gasteiger partial charge in [0.2, 0.25) is 0 Å². The zero-order valence-electron chi connectivity index (χ0n) is 21.5. The molecule has 11 heteroatoms. The van der Waals surface area contributed by atoms with Crippen LogP contribution in [0.15, 0.2) is 36.9 Å². The van der Waals surface area contributed by atoms with Crippen molar-refractivity contribution < 1.29 is 19.1 Å². The lowest BCUT2D eigenvalue weighted by Gasteiger charge is -2.37. The van der Waals surface area contributed by atoms with Crippen LogP contribution in [0.25, 0.3) is 16.9 Å². The molecule has 4 heterocycles. The number of carbonyl (C=O) groups excluding carboxylic acids is 2. The Morgan fingerprint density at radius 1 is 1.16 bits per heavy atom. The van der Waals surface area contributed by atoms with E-state index in [0.29, 0.717) is 49.6 Å². The van der Waals surface area contributed by atoms with Crippen LogP contribution < -0.4 is 5.32 Å². The fourth-order valence-electron chi connectivity index (χ4n) is 4.11. The maximum absolute atomic E-state index is 12.5. The minimum Gasteiger partial charge on any atom is -0.461 e. The summed E-state index contributed by atoms with van der Waals surface area (Å²) in [5, 5.41) is 13.4. The quantitative estimate of drug-likeness (QED) is 0.494. The molecule has 0 radical (unpaired) electrons. The van der Waals surface area contributed by atoms with Gasteiger partial charge in [0.15, 0.2) is 17.2 Å². The molecule has 1 fully saturated rings. The van der Waals surface area contributed by atoms with Gasteiger partial charge in [-0.15, -0.1) is 0 Å². The number of esters is 1. The van der Waals surface area contributed by atoms with Gasteiger partial charge in [0, 0.05) is 50.0 Å². The molecule has 1 amide bonds. The van der Waals surface area contributed by atoms with Crippen LogP contribution in [0.3, 0.4) is 0 Å². The van der Waals surface area contributed by atoms with Crippen molar-refractivity contribution >= 4 is 23.5 Å². The van der Waals surface area contributed by atoms with Gasteiger partial charge >= 0.3 is 12.1 Å². The van der Waals surface area contributed by atoms with Gasteiger partial charge < -0.3 is 24.1 Å². The number of likely N-dealkylation sites (tertiary alicyclic amines) is 1. The number of hydrogen-bond donors (Lipinski definition) is 1. The van der Waals surface area contributed by atoms with Gasteiger partial charge in [-0.2, -0.15) is 5.26 Å². The molecule has 1 aliphatic heterocycles. The molecule has 0 bridgehead atoms. The van der Waals surface area contributed by atoms with Crippen molar-refractivity contribution in [3.05, 3.63) is 42.6 Å². The monoisotopic (exact) mass is 505 g/mol. The van der Waals surface area contributed by atoms with Gasteiger partial charge in [0.25, 0.3) is 0 Å². The third-order valence-electron chi connectivity index (χ3n) is 6.10. The van der Waals surface area contributed by atoms with Crippen molar-refractivity contribution in [1.82, 2.24) is 24.3 Å². The number of nitrogens with one attached hydrogen (secondary N) is 1. The number of anilines is 1. The van der Waals surface area contributed by atoms with Gasteiger partial charge in [-0.3, -0.25) is 4.98 Å². The third-order valence-corrected chi connectivity index (χ3v) is 6.10. The van der Waals surface area contributed by atoms with Gasteiger partial charge in [-0.25, -0.2) is 19.6 Å². The molecule has 4 rings (SSSR count). The topological polar surface area (TPSA) is 135 Å². The summed E-state index contributed by atoms with van der Waals surface area (Å²) in [4.78, 5) is 39.7. The second kappa shape index (κ2) is 10.4. The molecular formula is C26H31N7O4. The summed E-state index contributed by atoms with van der Waals surface area (Å²) >= 11 is 0. The van der Waals surface area contributed by atoms with E-state index in [4.69, 9.17) is 14.5 Å². The van der Waals surface area contributed by atoms with Crippen LogP contribution in [-0.4, -0.2) is 68.2 Å². The number of carbonyl (C=O) groups is 2. The molecule has 0 aromatic carbocycles. The molecule has 0 unspecified atom stereocenters. The Bertz CT molecular complexity index is 1320. The van der Waals surface area contributed by atoms with E-state index in [1.807, 2.05) is 32.9 Å². The Balaban J connectivity index is 1.58. The van der Waals surface area contributed by atoms with Crippen LogP contribution in [0.1, 0.15) is 51.0 Å². The fraction of sp³-hybridized carbons (Fsp3) is 0.462. The lowest BCUT2D eigenvalue weighted by atomic mass is 9.80. The van der Waals surface area contributed by atoms with Crippen LogP contribution in [0.2, 0.25) is 0 Å². The van der Waals surface area contributed by atoms with Gasteiger partial charge in [-0.05, 0) is 52.7 Å². The lowest BCUT2D eigenvalue weighted by molar-refractivity contribution is 0.0155. The number of fused-ring (bicyclic) bond motifs is 1. The summed E-state index contributed by atoms with van der Waals surface area (Å²) < 4.78 is 12.3. The number of amides is 1. The molecule has 1 saturated heterocycles. The van der Waals surface area contributed by atoms with E-state index in [2.05, 4.69) is 21.4 Å². The maximum Gasteiger partial charge on any atom is 0.410 e. The normalized spacial score (nSPS) is 15.2. The van der Waals surface area contributed by atoms with Crippen molar-refractivity contribution in [2.75, 3.05) is 31.6 Å². The van der Waals surface area contributed by atoms with E-state index in [9.17, 15) is 14.9 Å². The van der Waals surface area contributed by atoms with E-state index < -0.39 is 17.0 Å². The Morgan fingerprint density at radius 2 is 1.86 bits per heavy atom. The number of pyridine rings is 1. The van der Waals surface area contributed by atoms with Crippen molar-refractivity contribution in [3.63, 3.8) is 0 Å². The van der Waals surface area contributed by atoms with E-state index in [1.54, 1.807) is 41.0 Å². The highest BCUT2D eigenvalue weighted by Crippen LogP contribution is 2.32. The van der Waals surface area contributed by atoms with Crippen LogP contribution in [0.5, 0.6) is 0 Å². The SMILES string of the molecule is CCOC(=O)c1cn2cc(-c3ccncc3)nc(NCC3(C#N)CCN(C(=O)OC(C)(C)C)CC3)c2n1. The molecule has 37 heavy (non-hydrogen) atoms.